The molecule has 6 nitrogen and oxygen atoms in total. The van der Waals surface area contributed by atoms with E-state index >= 15 is 0 Å². The molecule has 2 atom stereocenters. The van der Waals surface area contributed by atoms with Crippen LogP contribution in [-0.4, -0.2) is 35.6 Å². The molecule has 1 aromatic heterocycles. The molecule has 0 spiro atoms. The van der Waals surface area contributed by atoms with Crippen LogP contribution in [0.2, 0.25) is 5.02 Å². The van der Waals surface area contributed by atoms with Crippen molar-refractivity contribution < 1.29 is 9.32 Å². The molecule has 1 aliphatic rings. The second kappa shape index (κ2) is 9.43. The fraction of sp³-hybridized carbons (Fsp3) is 0.304. The highest BCUT2D eigenvalue weighted by atomic mass is 35.5. The second-order valence-corrected chi connectivity index (χ2v) is 8.03. The third-order valence-corrected chi connectivity index (χ3v) is 5.61. The van der Waals surface area contributed by atoms with Crippen LogP contribution >= 0.6 is 11.6 Å². The van der Waals surface area contributed by atoms with Crippen molar-refractivity contribution in [3.05, 3.63) is 77.0 Å². The highest BCUT2D eigenvalue weighted by Gasteiger charge is 2.31. The summed E-state index contributed by atoms with van der Waals surface area (Å²) >= 11 is 6.08. The summed E-state index contributed by atoms with van der Waals surface area (Å²) in [5, 5.41) is 4.84. The van der Waals surface area contributed by atoms with Gasteiger partial charge in [-0.1, -0.05) is 59.2 Å². The Morgan fingerprint density at radius 3 is 2.80 bits per heavy atom. The Kier molecular flexibility index (Phi) is 6.47. The summed E-state index contributed by atoms with van der Waals surface area (Å²) in [7, 11) is 1.84. The zero-order chi connectivity index (χ0) is 20.9. The van der Waals surface area contributed by atoms with Gasteiger partial charge in [-0.3, -0.25) is 4.79 Å². The first-order chi connectivity index (χ1) is 14.6. The fourth-order valence-corrected chi connectivity index (χ4v) is 3.90. The Labute approximate surface area is 181 Å². The first kappa shape index (κ1) is 20.6. The monoisotopic (exact) mass is 424 g/mol. The van der Waals surface area contributed by atoms with Gasteiger partial charge in [0.25, 0.3) is 0 Å². The van der Waals surface area contributed by atoms with Gasteiger partial charge in [0.2, 0.25) is 5.91 Å². The number of nitrogens with one attached hydrogen (secondary N) is 2. The van der Waals surface area contributed by atoms with Gasteiger partial charge in [0.15, 0.2) is 0 Å². The van der Waals surface area contributed by atoms with E-state index in [-0.39, 0.29) is 18.0 Å². The average Bonchev–Trinajstić information content (AvgIpc) is 3.44. The highest BCUT2D eigenvalue weighted by molar-refractivity contribution is 6.30. The molecule has 0 saturated carbocycles. The van der Waals surface area contributed by atoms with E-state index in [0.717, 1.165) is 35.4 Å². The maximum Gasteiger partial charge on any atom is 0.240 e. The summed E-state index contributed by atoms with van der Waals surface area (Å²) < 4.78 is 5.45. The molecule has 0 aliphatic carbocycles. The summed E-state index contributed by atoms with van der Waals surface area (Å²) in [6.07, 6.45) is 2.23. The van der Waals surface area contributed by atoms with Crippen LogP contribution in [0.25, 0.3) is 11.3 Å². The lowest BCUT2D eigenvalue weighted by Gasteiger charge is -2.20. The number of rotatable bonds is 7. The van der Waals surface area contributed by atoms with E-state index in [1.165, 1.54) is 0 Å². The molecule has 7 heteroatoms. The van der Waals surface area contributed by atoms with E-state index in [1.807, 2.05) is 67.7 Å². The van der Waals surface area contributed by atoms with E-state index in [1.54, 1.807) is 4.90 Å². The summed E-state index contributed by atoms with van der Waals surface area (Å²) in [4.78, 5) is 14.6. The molecule has 4 rings (SSSR count). The van der Waals surface area contributed by atoms with Crippen LogP contribution in [0.3, 0.4) is 0 Å². The number of hydrogen-bond donors (Lipinski definition) is 2. The van der Waals surface area contributed by atoms with Gasteiger partial charge in [0.1, 0.15) is 17.5 Å². The number of hydrazine groups is 1. The number of carbonyl (C=O) groups is 1. The maximum atomic E-state index is 12.8. The smallest absolute Gasteiger partial charge is 0.240 e. The molecule has 0 bridgehead atoms. The minimum Gasteiger partial charge on any atom is -0.361 e. The topological polar surface area (TPSA) is 70.4 Å². The van der Waals surface area contributed by atoms with E-state index in [9.17, 15) is 4.79 Å². The molecule has 1 fully saturated rings. The number of hydrogen-bond acceptors (Lipinski definition) is 5. The van der Waals surface area contributed by atoms with Crippen LogP contribution in [0, 0.1) is 0 Å². The Balaban J connectivity index is 1.25. The average molecular weight is 425 g/mol. The summed E-state index contributed by atoms with van der Waals surface area (Å²) in [5.41, 5.74) is 9.28. The third kappa shape index (κ3) is 4.90. The predicted molar refractivity (Wildman–Crippen MR) is 117 cm³/mol. The van der Waals surface area contributed by atoms with Crippen LogP contribution in [0.4, 0.5) is 0 Å². The Hall–Kier alpha value is -2.67. The Bertz CT molecular complexity index is 992. The summed E-state index contributed by atoms with van der Waals surface area (Å²) in [5.74, 6) is 0.908. The zero-order valence-corrected chi connectivity index (χ0v) is 17.6. The SMILES string of the molecule is CN(CCCc1cc(-c2ccccc2)no1)C(=O)C1CC(c2cccc(Cl)c2)NN1. The van der Waals surface area contributed by atoms with Gasteiger partial charge >= 0.3 is 0 Å². The van der Waals surface area contributed by atoms with Gasteiger partial charge in [0, 0.05) is 42.7 Å². The molecule has 1 saturated heterocycles. The van der Waals surface area contributed by atoms with Gasteiger partial charge in [-0.05, 0) is 30.5 Å². The van der Waals surface area contributed by atoms with Crippen LogP contribution in [0.5, 0.6) is 0 Å². The van der Waals surface area contributed by atoms with Crippen molar-refractivity contribution in [2.45, 2.75) is 31.3 Å². The van der Waals surface area contributed by atoms with Crippen molar-refractivity contribution in [2.24, 2.45) is 0 Å². The van der Waals surface area contributed by atoms with Crippen LogP contribution in [0.1, 0.15) is 30.2 Å². The van der Waals surface area contributed by atoms with Gasteiger partial charge in [-0.25, -0.2) is 10.9 Å². The minimum atomic E-state index is -0.256. The van der Waals surface area contributed by atoms with Crippen molar-refractivity contribution in [3.63, 3.8) is 0 Å². The van der Waals surface area contributed by atoms with Crippen LogP contribution < -0.4 is 10.9 Å². The van der Waals surface area contributed by atoms with E-state index in [4.69, 9.17) is 16.1 Å². The van der Waals surface area contributed by atoms with Crippen molar-refractivity contribution in [2.75, 3.05) is 13.6 Å². The van der Waals surface area contributed by atoms with Gasteiger partial charge < -0.3 is 9.42 Å². The zero-order valence-electron chi connectivity index (χ0n) is 16.8. The molecule has 2 aromatic carbocycles. The van der Waals surface area contributed by atoms with Gasteiger partial charge in [-0.2, -0.15) is 0 Å². The Morgan fingerprint density at radius 1 is 1.17 bits per heavy atom. The quantitative estimate of drug-likeness (QED) is 0.600. The molecule has 0 radical (unpaired) electrons. The van der Waals surface area contributed by atoms with Crippen molar-refractivity contribution in [3.8, 4) is 11.3 Å². The molecule has 2 unspecified atom stereocenters. The highest BCUT2D eigenvalue weighted by Crippen LogP contribution is 2.25. The largest absolute Gasteiger partial charge is 0.361 e. The van der Waals surface area contributed by atoms with E-state index in [2.05, 4.69) is 16.0 Å². The lowest BCUT2D eigenvalue weighted by Crippen LogP contribution is -2.44. The fourth-order valence-electron chi connectivity index (χ4n) is 3.70. The van der Waals surface area contributed by atoms with Gasteiger partial charge in [-0.15, -0.1) is 0 Å². The number of nitrogens with zero attached hydrogens (tertiary/aromatic N) is 2. The number of likely N-dealkylation sites (N-methyl/N-ethyl adjacent to an activating group) is 1. The molecule has 3 aromatic rings. The Morgan fingerprint density at radius 2 is 2.00 bits per heavy atom. The molecule has 2 N–H and O–H groups in total. The standard InChI is InChI=1S/C23H25ClN4O2/c1-28(12-6-11-19-14-21(27-30-19)16-7-3-2-4-8-16)23(29)22-15-20(25-26-22)17-9-5-10-18(24)13-17/h2-5,7-10,13-14,20,22,25-26H,6,11-12,15H2,1H3. The number of aryl methyl sites for hydroxylation is 1. The summed E-state index contributed by atoms with van der Waals surface area (Å²) in [6, 6.07) is 19.4. The second-order valence-electron chi connectivity index (χ2n) is 7.59. The van der Waals surface area contributed by atoms with Crippen molar-refractivity contribution >= 4 is 17.5 Å². The maximum absolute atomic E-state index is 12.8. The molecular weight excluding hydrogens is 400 g/mol. The van der Waals surface area contributed by atoms with Crippen molar-refractivity contribution in [1.29, 1.82) is 0 Å². The van der Waals surface area contributed by atoms with E-state index < -0.39 is 0 Å². The van der Waals surface area contributed by atoms with Crippen LogP contribution in [-0.2, 0) is 11.2 Å². The number of benzene rings is 2. The molecular formula is C23H25ClN4O2. The first-order valence-corrected chi connectivity index (χ1v) is 10.5. The van der Waals surface area contributed by atoms with Crippen LogP contribution in [0.15, 0.2) is 65.2 Å². The predicted octanol–water partition coefficient (Wildman–Crippen LogP) is 3.99. The number of amides is 1. The number of aromatic nitrogens is 1. The summed E-state index contributed by atoms with van der Waals surface area (Å²) in [6.45, 7) is 0.653. The normalized spacial score (nSPS) is 18.5. The first-order valence-electron chi connectivity index (χ1n) is 10.1. The van der Waals surface area contributed by atoms with Gasteiger partial charge in [0.05, 0.1) is 0 Å². The number of halogens is 1. The molecule has 156 valence electrons. The molecule has 30 heavy (non-hydrogen) atoms. The van der Waals surface area contributed by atoms with E-state index in [0.29, 0.717) is 18.0 Å². The molecule has 1 amide bonds. The molecule has 1 aliphatic heterocycles. The molecule has 2 heterocycles. The minimum absolute atomic E-state index is 0.0663. The number of carbonyl (C=O) groups excluding carboxylic acids is 1. The third-order valence-electron chi connectivity index (χ3n) is 5.37. The van der Waals surface area contributed by atoms with Crippen molar-refractivity contribution in [1.82, 2.24) is 20.9 Å². The lowest BCUT2D eigenvalue weighted by atomic mass is 10.0. The lowest BCUT2D eigenvalue weighted by molar-refractivity contribution is -0.131.